The molecule has 1 aliphatic heterocycles. The Balaban J connectivity index is 2.81. The van der Waals surface area contributed by atoms with Crippen molar-refractivity contribution in [2.24, 2.45) is 0 Å². The summed E-state index contributed by atoms with van der Waals surface area (Å²) in [4.78, 5) is 11.8. The standard InChI is InChI=1S/C12H25NO2Si/c1-9(14)7-10-8-11(15)13(10)16(5,6)12(2,3)4/h9-10,14H,7-8H2,1-6H3. The van der Waals surface area contributed by atoms with Crippen molar-refractivity contribution < 1.29 is 9.90 Å². The lowest BCUT2D eigenvalue weighted by Gasteiger charge is -2.55. The third-order valence-electron chi connectivity index (χ3n) is 4.09. The molecular formula is C12H25NO2Si. The summed E-state index contributed by atoms with van der Waals surface area (Å²) in [6, 6.07) is 0.272. The van der Waals surface area contributed by atoms with Gasteiger partial charge in [0.25, 0.3) is 0 Å². The number of nitrogens with zero attached hydrogens (tertiary/aromatic N) is 1. The van der Waals surface area contributed by atoms with Gasteiger partial charge in [-0.2, -0.15) is 0 Å². The summed E-state index contributed by atoms with van der Waals surface area (Å²) in [6.45, 7) is 12.9. The summed E-state index contributed by atoms with van der Waals surface area (Å²) in [5, 5.41) is 9.62. The van der Waals surface area contributed by atoms with E-state index in [2.05, 4.69) is 38.4 Å². The number of hydrogen-bond acceptors (Lipinski definition) is 2. The van der Waals surface area contributed by atoms with Gasteiger partial charge in [0.1, 0.15) is 0 Å². The predicted molar refractivity (Wildman–Crippen MR) is 68.7 cm³/mol. The molecule has 0 radical (unpaired) electrons. The fraction of sp³-hybridized carbons (Fsp3) is 0.917. The summed E-state index contributed by atoms with van der Waals surface area (Å²) < 4.78 is 2.10. The van der Waals surface area contributed by atoms with Crippen molar-refractivity contribution in [3.05, 3.63) is 0 Å². The summed E-state index contributed by atoms with van der Waals surface area (Å²) in [6.07, 6.45) is 1.03. The summed E-state index contributed by atoms with van der Waals surface area (Å²) in [7, 11) is -1.74. The van der Waals surface area contributed by atoms with Crippen LogP contribution in [0.1, 0.15) is 40.5 Å². The van der Waals surface area contributed by atoms with E-state index in [-0.39, 0.29) is 23.1 Å². The lowest BCUT2D eigenvalue weighted by atomic mass is 10.00. The van der Waals surface area contributed by atoms with Crippen LogP contribution >= 0.6 is 0 Å². The molecule has 0 aromatic rings. The van der Waals surface area contributed by atoms with E-state index in [1.165, 1.54) is 0 Å². The maximum absolute atomic E-state index is 11.8. The monoisotopic (exact) mass is 243 g/mol. The highest BCUT2D eigenvalue weighted by molar-refractivity contribution is 6.79. The molecule has 1 saturated heterocycles. The first-order valence-corrected chi connectivity index (χ1v) is 9.02. The quantitative estimate of drug-likeness (QED) is 0.610. The fourth-order valence-corrected chi connectivity index (χ4v) is 4.74. The van der Waals surface area contributed by atoms with Gasteiger partial charge in [0, 0.05) is 12.5 Å². The topological polar surface area (TPSA) is 40.5 Å². The van der Waals surface area contributed by atoms with Gasteiger partial charge in [-0.05, 0) is 18.4 Å². The van der Waals surface area contributed by atoms with Gasteiger partial charge in [-0.25, -0.2) is 0 Å². The van der Waals surface area contributed by atoms with Crippen molar-refractivity contribution in [2.75, 3.05) is 0 Å². The Morgan fingerprint density at radius 3 is 2.31 bits per heavy atom. The third-order valence-corrected chi connectivity index (χ3v) is 9.58. The minimum Gasteiger partial charge on any atom is -0.393 e. The predicted octanol–water partition coefficient (Wildman–Crippen LogP) is 2.36. The molecule has 1 amide bonds. The number of carbonyl (C=O) groups is 1. The van der Waals surface area contributed by atoms with Crippen LogP contribution < -0.4 is 0 Å². The summed E-state index contributed by atoms with van der Waals surface area (Å²) in [5.74, 6) is 0.275. The number of carbonyl (C=O) groups excluding carboxylic acids is 1. The number of rotatable bonds is 3. The largest absolute Gasteiger partial charge is 0.393 e. The van der Waals surface area contributed by atoms with Crippen molar-refractivity contribution in [1.82, 2.24) is 4.57 Å². The Hall–Kier alpha value is -0.353. The first-order valence-electron chi connectivity index (χ1n) is 6.07. The molecule has 94 valence electrons. The zero-order valence-corrected chi connectivity index (χ0v) is 12.4. The highest BCUT2D eigenvalue weighted by Gasteiger charge is 2.51. The van der Waals surface area contributed by atoms with Gasteiger partial charge in [0.2, 0.25) is 5.91 Å². The Morgan fingerprint density at radius 1 is 1.50 bits per heavy atom. The number of aliphatic hydroxyl groups is 1. The number of amides is 1. The van der Waals surface area contributed by atoms with Gasteiger partial charge < -0.3 is 9.67 Å². The SMILES string of the molecule is CC(O)CC1CC(=O)N1[Si](C)(C)C(C)(C)C. The van der Waals surface area contributed by atoms with E-state index in [0.29, 0.717) is 6.42 Å². The van der Waals surface area contributed by atoms with Crippen LogP contribution in [0.2, 0.25) is 18.1 Å². The second kappa shape index (κ2) is 4.15. The van der Waals surface area contributed by atoms with E-state index in [4.69, 9.17) is 0 Å². The molecule has 0 aromatic heterocycles. The van der Waals surface area contributed by atoms with Gasteiger partial charge in [0.05, 0.1) is 6.10 Å². The molecule has 3 nitrogen and oxygen atoms in total. The summed E-state index contributed by atoms with van der Waals surface area (Å²) >= 11 is 0. The lowest BCUT2D eigenvalue weighted by Crippen LogP contribution is -2.68. The molecule has 0 bridgehead atoms. The Kier molecular flexibility index (Phi) is 3.55. The van der Waals surface area contributed by atoms with Crippen LogP contribution in [0, 0.1) is 0 Å². The number of aliphatic hydroxyl groups excluding tert-OH is 1. The molecule has 0 aromatic carbocycles. The first kappa shape index (κ1) is 13.7. The van der Waals surface area contributed by atoms with E-state index in [1.54, 1.807) is 6.92 Å². The molecule has 1 fully saturated rings. The molecule has 0 aliphatic carbocycles. The van der Waals surface area contributed by atoms with Gasteiger partial charge in [-0.3, -0.25) is 4.79 Å². The van der Waals surface area contributed by atoms with E-state index in [0.717, 1.165) is 6.42 Å². The lowest BCUT2D eigenvalue weighted by molar-refractivity contribution is -0.140. The van der Waals surface area contributed by atoms with E-state index < -0.39 is 8.24 Å². The second-order valence-electron chi connectivity index (χ2n) is 6.52. The zero-order valence-electron chi connectivity index (χ0n) is 11.4. The Bertz CT molecular complexity index is 281. The third kappa shape index (κ3) is 2.32. The minimum atomic E-state index is -1.74. The normalized spacial score (nSPS) is 24.3. The average molecular weight is 243 g/mol. The Labute approximate surface area is 99.9 Å². The van der Waals surface area contributed by atoms with Crippen molar-refractivity contribution >= 4 is 14.1 Å². The number of β-lactam (4-membered cyclic amide) rings is 1. The molecule has 2 unspecified atom stereocenters. The van der Waals surface area contributed by atoms with Crippen LogP contribution in [0.25, 0.3) is 0 Å². The van der Waals surface area contributed by atoms with Crippen LogP contribution in [0.3, 0.4) is 0 Å². The van der Waals surface area contributed by atoms with Crippen LogP contribution in [0.4, 0.5) is 0 Å². The van der Waals surface area contributed by atoms with E-state index in [9.17, 15) is 9.90 Å². The van der Waals surface area contributed by atoms with Crippen molar-refractivity contribution in [3.63, 3.8) is 0 Å². The van der Waals surface area contributed by atoms with E-state index >= 15 is 0 Å². The molecule has 1 heterocycles. The fourth-order valence-electron chi connectivity index (χ4n) is 2.19. The Morgan fingerprint density at radius 2 is 2.00 bits per heavy atom. The van der Waals surface area contributed by atoms with Crippen LogP contribution in [0.5, 0.6) is 0 Å². The molecule has 0 saturated carbocycles. The van der Waals surface area contributed by atoms with Crippen molar-refractivity contribution in [1.29, 1.82) is 0 Å². The molecular weight excluding hydrogens is 218 g/mol. The molecule has 2 atom stereocenters. The van der Waals surface area contributed by atoms with Gasteiger partial charge in [0.15, 0.2) is 8.24 Å². The van der Waals surface area contributed by atoms with Crippen LogP contribution in [-0.4, -0.2) is 36.0 Å². The molecule has 1 N–H and O–H groups in total. The van der Waals surface area contributed by atoms with Crippen molar-refractivity contribution in [2.45, 2.75) is 70.8 Å². The van der Waals surface area contributed by atoms with Gasteiger partial charge in [-0.1, -0.05) is 33.9 Å². The molecule has 16 heavy (non-hydrogen) atoms. The molecule has 4 heteroatoms. The number of hydrogen-bond donors (Lipinski definition) is 1. The van der Waals surface area contributed by atoms with Crippen LogP contribution in [0.15, 0.2) is 0 Å². The average Bonchev–Trinajstić information content (AvgIpc) is 1.98. The zero-order chi connectivity index (χ0) is 12.7. The molecule has 1 aliphatic rings. The maximum atomic E-state index is 11.8. The molecule has 0 spiro atoms. The maximum Gasteiger partial charge on any atom is 0.216 e. The highest BCUT2D eigenvalue weighted by Crippen LogP contribution is 2.43. The minimum absolute atomic E-state index is 0.181. The van der Waals surface area contributed by atoms with E-state index in [1.807, 2.05) is 0 Å². The van der Waals surface area contributed by atoms with Gasteiger partial charge >= 0.3 is 0 Å². The molecule has 1 rings (SSSR count). The smallest absolute Gasteiger partial charge is 0.216 e. The second-order valence-corrected chi connectivity index (χ2v) is 11.6. The first-order chi connectivity index (χ1) is 7.07. The van der Waals surface area contributed by atoms with Crippen LogP contribution in [-0.2, 0) is 4.79 Å². The summed E-state index contributed by atoms with van der Waals surface area (Å²) in [5.41, 5.74) is 0. The van der Waals surface area contributed by atoms with Gasteiger partial charge in [-0.15, -0.1) is 0 Å². The van der Waals surface area contributed by atoms with Crippen molar-refractivity contribution in [3.8, 4) is 0 Å². The highest BCUT2D eigenvalue weighted by atomic mass is 28.3.